The molecule has 0 spiro atoms. The van der Waals surface area contributed by atoms with E-state index in [4.69, 9.17) is 0 Å². The zero-order valence-corrected chi connectivity index (χ0v) is 8.61. The molecule has 2 heterocycles. The van der Waals surface area contributed by atoms with Crippen molar-refractivity contribution in [1.82, 2.24) is 9.88 Å². The van der Waals surface area contributed by atoms with Crippen LogP contribution in [0.5, 0.6) is 0 Å². The Morgan fingerprint density at radius 1 is 1.07 bits per heavy atom. The van der Waals surface area contributed by atoms with E-state index in [0.29, 0.717) is 0 Å². The Morgan fingerprint density at radius 3 is 2.80 bits per heavy atom. The standard InChI is InChI=1S/C13H14N2/c1-2-9-15(8-1)13-5-3-4-11-6-7-14-10-12(11)13/h1-5,8-9,14H,6-7,10H2. The first-order valence-corrected chi connectivity index (χ1v) is 5.40. The Balaban J connectivity index is 2.15. The maximum Gasteiger partial charge on any atom is 0.0497 e. The summed E-state index contributed by atoms with van der Waals surface area (Å²) < 4.78 is 2.19. The lowest BCUT2D eigenvalue weighted by Crippen LogP contribution is -2.24. The molecular formula is C13H14N2. The zero-order valence-electron chi connectivity index (χ0n) is 8.61. The van der Waals surface area contributed by atoms with Gasteiger partial charge in [0.25, 0.3) is 0 Å². The number of aromatic nitrogens is 1. The fourth-order valence-corrected chi connectivity index (χ4v) is 2.23. The Kier molecular flexibility index (Phi) is 2.07. The predicted octanol–water partition coefficient (Wildman–Crippen LogP) is 2.12. The minimum absolute atomic E-state index is 0.990. The molecule has 2 heteroatoms. The molecule has 0 radical (unpaired) electrons. The Labute approximate surface area is 89.5 Å². The second-order valence-electron chi connectivity index (χ2n) is 3.93. The van der Waals surface area contributed by atoms with Crippen LogP contribution < -0.4 is 5.32 Å². The third kappa shape index (κ3) is 1.47. The molecule has 2 aromatic rings. The largest absolute Gasteiger partial charge is 0.324 e. The van der Waals surface area contributed by atoms with Gasteiger partial charge in [0.2, 0.25) is 0 Å². The van der Waals surface area contributed by atoms with Gasteiger partial charge in [0.05, 0.1) is 0 Å². The summed E-state index contributed by atoms with van der Waals surface area (Å²) in [5.74, 6) is 0. The lowest BCUT2D eigenvalue weighted by atomic mass is 9.99. The molecule has 0 aliphatic carbocycles. The second-order valence-corrected chi connectivity index (χ2v) is 3.93. The number of nitrogens with zero attached hydrogens (tertiary/aromatic N) is 1. The van der Waals surface area contributed by atoms with Gasteiger partial charge in [0, 0.05) is 24.6 Å². The fourth-order valence-electron chi connectivity index (χ4n) is 2.23. The van der Waals surface area contributed by atoms with Crippen LogP contribution in [0.3, 0.4) is 0 Å². The van der Waals surface area contributed by atoms with E-state index in [2.05, 4.69) is 52.6 Å². The molecule has 1 aliphatic rings. The van der Waals surface area contributed by atoms with Crippen LogP contribution in [0.4, 0.5) is 0 Å². The van der Waals surface area contributed by atoms with Gasteiger partial charge in [0.15, 0.2) is 0 Å². The normalized spacial score (nSPS) is 14.9. The average molecular weight is 198 g/mol. The Bertz CT molecular complexity index is 457. The molecule has 1 aromatic heterocycles. The van der Waals surface area contributed by atoms with Crippen molar-refractivity contribution in [2.24, 2.45) is 0 Å². The van der Waals surface area contributed by atoms with Gasteiger partial charge in [0.1, 0.15) is 0 Å². The average Bonchev–Trinajstić information content (AvgIpc) is 2.82. The van der Waals surface area contributed by atoms with E-state index in [9.17, 15) is 0 Å². The summed E-state index contributed by atoms with van der Waals surface area (Å²) in [6, 6.07) is 10.7. The molecule has 1 N–H and O–H groups in total. The van der Waals surface area contributed by atoms with Gasteiger partial charge in [-0.1, -0.05) is 12.1 Å². The van der Waals surface area contributed by atoms with Gasteiger partial charge in [-0.2, -0.15) is 0 Å². The van der Waals surface area contributed by atoms with Gasteiger partial charge < -0.3 is 9.88 Å². The molecular weight excluding hydrogens is 184 g/mol. The monoisotopic (exact) mass is 198 g/mol. The van der Waals surface area contributed by atoms with Crippen LogP contribution >= 0.6 is 0 Å². The zero-order chi connectivity index (χ0) is 10.1. The molecule has 1 aliphatic heterocycles. The summed E-state index contributed by atoms with van der Waals surface area (Å²) in [5, 5.41) is 3.43. The number of nitrogens with one attached hydrogen (secondary N) is 1. The number of hydrogen-bond donors (Lipinski definition) is 1. The third-order valence-corrected chi connectivity index (χ3v) is 3.00. The van der Waals surface area contributed by atoms with Crippen molar-refractivity contribution in [3.05, 3.63) is 53.9 Å². The van der Waals surface area contributed by atoms with Crippen molar-refractivity contribution in [1.29, 1.82) is 0 Å². The van der Waals surface area contributed by atoms with Crippen molar-refractivity contribution < 1.29 is 0 Å². The smallest absolute Gasteiger partial charge is 0.0497 e. The Hall–Kier alpha value is -1.54. The fraction of sp³-hybridized carbons (Fsp3) is 0.231. The number of fused-ring (bicyclic) bond motifs is 1. The van der Waals surface area contributed by atoms with Crippen LogP contribution in [-0.2, 0) is 13.0 Å². The highest BCUT2D eigenvalue weighted by atomic mass is 15.0. The lowest BCUT2D eigenvalue weighted by Gasteiger charge is -2.20. The molecule has 0 atom stereocenters. The Morgan fingerprint density at radius 2 is 1.93 bits per heavy atom. The number of hydrogen-bond acceptors (Lipinski definition) is 1. The molecule has 2 nitrogen and oxygen atoms in total. The van der Waals surface area contributed by atoms with Crippen LogP contribution in [0.1, 0.15) is 11.1 Å². The van der Waals surface area contributed by atoms with E-state index in [1.165, 1.54) is 16.8 Å². The van der Waals surface area contributed by atoms with Crippen molar-refractivity contribution >= 4 is 0 Å². The van der Waals surface area contributed by atoms with Crippen LogP contribution in [0.2, 0.25) is 0 Å². The molecule has 1 aromatic carbocycles. The summed E-state index contributed by atoms with van der Waals surface area (Å²) in [6.07, 6.45) is 5.35. The highest BCUT2D eigenvalue weighted by Gasteiger charge is 2.12. The first kappa shape index (κ1) is 8.74. The molecule has 0 fully saturated rings. The molecule has 0 amide bonds. The summed E-state index contributed by atoms with van der Waals surface area (Å²) in [4.78, 5) is 0. The molecule has 0 saturated carbocycles. The lowest BCUT2D eigenvalue weighted by molar-refractivity contribution is 0.640. The molecule has 0 saturated heterocycles. The number of rotatable bonds is 1. The van der Waals surface area contributed by atoms with Gasteiger partial charge in [-0.25, -0.2) is 0 Å². The van der Waals surface area contributed by atoms with E-state index in [1.807, 2.05) is 0 Å². The first-order valence-electron chi connectivity index (χ1n) is 5.40. The second kappa shape index (κ2) is 3.55. The summed E-state index contributed by atoms with van der Waals surface area (Å²) >= 11 is 0. The van der Waals surface area contributed by atoms with E-state index in [-0.39, 0.29) is 0 Å². The molecule has 3 rings (SSSR count). The topological polar surface area (TPSA) is 17.0 Å². The summed E-state index contributed by atoms with van der Waals surface area (Å²) in [5.41, 5.74) is 4.24. The van der Waals surface area contributed by atoms with Gasteiger partial charge in [-0.3, -0.25) is 0 Å². The van der Waals surface area contributed by atoms with Crippen LogP contribution in [0.15, 0.2) is 42.7 Å². The van der Waals surface area contributed by atoms with Crippen LogP contribution in [0, 0.1) is 0 Å². The molecule has 0 bridgehead atoms. The van der Waals surface area contributed by atoms with E-state index in [0.717, 1.165) is 19.5 Å². The summed E-state index contributed by atoms with van der Waals surface area (Å²) in [7, 11) is 0. The molecule has 76 valence electrons. The van der Waals surface area contributed by atoms with Crippen LogP contribution in [0.25, 0.3) is 5.69 Å². The SMILES string of the molecule is c1cc2c(c(-n3cccc3)c1)CNCC2. The minimum atomic E-state index is 0.990. The maximum atomic E-state index is 3.43. The molecule has 0 unspecified atom stereocenters. The van der Waals surface area contributed by atoms with Crippen molar-refractivity contribution in [2.45, 2.75) is 13.0 Å². The van der Waals surface area contributed by atoms with Gasteiger partial charge in [-0.05, 0) is 42.3 Å². The summed E-state index contributed by atoms with van der Waals surface area (Å²) in [6.45, 7) is 2.09. The van der Waals surface area contributed by atoms with Gasteiger partial charge >= 0.3 is 0 Å². The maximum absolute atomic E-state index is 3.43. The van der Waals surface area contributed by atoms with Crippen molar-refractivity contribution in [2.75, 3.05) is 6.54 Å². The van der Waals surface area contributed by atoms with E-state index < -0.39 is 0 Å². The van der Waals surface area contributed by atoms with E-state index >= 15 is 0 Å². The van der Waals surface area contributed by atoms with Crippen LogP contribution in [-0.4, -0.2) is 11.1 Å². The quantitative estimate of drug-likeness (QED) is 0.742. The predicted molar refractivity (Wildman–Crippen MR) is 61.2 cm³/mol. The molecule has 15 heavy (non-hydrogen) atoms. The van der Waals surface area contributed by atoms with Crippen molar-refractivity contribution in [3.63, 3.8) is 0 Å². The van der Waals surface area contributed by atoms with E-state index in [1.54, 1.807) is 0 Å². The highest BCUT2D eigenvalue weighted by molar-refractivity contribution is 5.47. The van der Waals surface area contributed by atoms with Gasteiger partial charge in [-0.15, -0.1) is 0 Å². The third-order valence-electron chi connectivity index (χ3n) is 3.00. The van der Waals surface area contributed by atoms with Crippen molar-refractivity contribution in [3.8, 4) is 5.69 Å². The highest BCUT2D eigenvalue weighted by Crippen LogP contribution is 2.21. The minimum Gasteiger partial charge on any atom is -0.324 e. The first-order chi connectivity index (χ1) is 7.45. The number of benzene rings is 1.